The molecule has 5 heteroatoms. The second-order valence-electron chi connectivity index (χ2n) is 5.54. The predicted octanol–water partition coefficient (Wildman–Crippen LogP) is 2.07. The Morgan fingerprint density at radius 2 is 2.10 bits per heavy atom. The summed E-state index contributed by atoms with van der Waals surface area (Å²) in [6.07, 6.45) is 6.45. The van der Waals surface area contributed by atoms with Crippen LogP contribution in [-0.4, -0.2) is 38.7 Å². The molecule has 1 unspecified atom stereocenters. The molecule has 1 aromatic carbocycles. The third-order valence-corrected chi connectivity index (χ3v) is 4.06. The molecule has 1 saturated heterocycles. The minimum Gasteiger partial charge on any atom is -0.340 e. The first-order valence-electron chi connectivity index (χ1n) is 7.48. The van der Waals surface area contributed by atoms with Gasteiger partial charge in [0.25, 0.3) is 0 Å². The van der Waals surface area contributed by atoms with Crippen LogP contribution in [0.4, 0.5) is 0 Å². The van der Waals surface area contributed by atoms with Gasteiger partial charge >= 0.3 is 0 Å². The van der Waals surface area contributed by atoms with Crippen molar-refractivity contribution in [2.24, 2.45) is 0 Å². The highest BCUT2D eigenvalue weighted by molar-refractivity contribution is 5.76. The number of likely N-dealkylation sites (tertiary alicyclic amines) is 1. The first-order valence-corrected chi connectivity index (χ1v) is 7.48. The molecule has 5 nitrogen and oxygen atoms in total. The fourth-order valence-electron chi connectivity index (χ4n) is 2.92. The van der Waals surface area contributed by atoms with Crippen molar-refractivity contribution in [3.8, 4) is 0 Å². The zero-order valence-corrected chi connectivity index (χ0v) is 12.1. The number of aromatic nitrogens is 3. The van der Waals surface area contributed by atoms with Crippen LogP contribution in [0.1, 0.15) is 30.7 Å². The van der Waals surface area contributed by atoms with Crippen LogP contribution in [0, 0.1) is 0 Å². The van der Waals surface area contributed by atoms with Gasteiger partial charge in [0.1, 0.15) is 19.2 Å². The largest absolute Gasteiger partial charge is 0.340 e. The monoisotopic (exact) mass is 284 g/mol. The predicted molar refractivity (Wildman–Crippen MR) is 79.6 cm³/mol. The lowest BCUT2D eigenvalue weighted by atomic mass is 9.94. The normalized spacial score (nSPS) is 19.2. The number of benzene rings is 1. The zero-order chi connectivity index (χ0) is 14.5. The summed E-state index contributed by atoms with van der Waals surface area (Å²) >= 11 is 0. The van der Waals surface area contributed by atoms with Crippen molar-refractivity contribution in [1.82, 2.24) is 19.7 Å². The number of nitrogens with zero attached hydrogens (tertiary/aromatic N) is 4. The third kappa shape index (κ3) is 3.48. The first kappa shape index (κ1) is 13.8. The molecule has 3 rings (SSSR count). The fraction of sp³-hybridized carbons (Fsp3) is 0.438. The molecule has 0 saturated carbocycles. The highest BCUT2D eigenvalue weighted by Gasteiger charge is 2.23. The molecule has 2 aromatic rings. The quantitative estimate of drug-likeness (QED) is 0.867. The molecule has 2 heterocycles. The van der Waals surface area contributed by atoms with Crippen LogP contribution in [0.3, 0.4) is 0 Å². The average Bonchev–Trinajstić information content (AvgIpc) is 2.89. The van der Waals surface area contributed by atoms with Crippen molar-refractivity contribution < 1.29 is 4.79 Å². The van der Waals surface area contributed by atoms with E-state index in [1.165, 1.54) is 18.3 Å². The van der Waals surface area contributed by atoms with Gasteiger partial charge < -0.3 is 4.90 Å². The van der Waals surface area contributed by atoms with Gasteiger partial charge in [-0.05, 0) is 18.4 Å². The molecule has 1 fully saturated rings. The third-order valence-electron chi connectivity index (χ3n) is 4.06. The van der Waals surface area contributed by atoms with Crippen molar-refractivity contribution >= 4 is 5.91 Å². The molecule has 0 radical (unpaired) electrons. The van der Waals surface area contributed by atoms with Gasteiger partial charge in [-0.25, -0.2) is 9.67 Å². The fourth-order valence-corrected chi connectivity index (χ4v) is 2.92. The Morgan fingerprint density at radius 3 is 2.86 bits per heavy atom. The lowest BCUT2D eigenvalue weighted by molar-refractivity contribution is -0.132. The van der Waals surface area contributed by atoms with Gasteiger partial charge in [0.15, 0.2) is 0 Å². The second kappa shape index (κ2) is 6.52. The summed E-state index contributed by atoms with van der Waals surface area (Å²) in [4.78, 5) is 18.3. The SMILES string of the molecule is O=C(Cn1cncn1)N1CCCCC(c2ccccc2)C1. The van der Waals surface area contributed by atoms with Crippen molar-refractivity contribution in [3.63, 3.8) is 0 Å². The van der Waals surface area contributed by atoms with Gasteiger partial charge in [-0.15, -0.1) is 0 Å². The first-order chi connectivity index (χ1) is 10.3. The van der Waals surface area contributed by atoms with E-state index in [-0.39, 0.29) is 12.5 Å². The van der Waals surface area contributed by atoms with E-state index < -0.39 is 0 Å². The standard InChI is InChI=1S/C16H20N4O/c21-16(11-20-13-17-12-18-20)19-9-5-4-8-15(10-19)14-6-2-1-3-7-14/h1-3,6-7,12-13,15H,4-5,8-11H2. The van der Waals surface area contributed by atoms with E-state index in [9.17, 15) is 4.79 Å². The number of hydrogen-bond donors (Lipinski definition) is 0. The molecule has 0 spiro atoms. The highest BCUT2D eigenvalue weighted by Crippen LogP contribution is 2.26. The molecule has 0 N–H and O–H groups in total. The van der Waals surface area contributed by atoms with Crippen LogP contribution in [0.2, 0.25) is 0 Å². The van der Waals surface area contributed by atoms with Gasteiger partial charge in [0.2, 0.25) is 5.91 Å². The van der Waals surface area contributed by atoms with E-state index in [1.807, 2.05) is 11.0 Å². The highest BCUT2D eigenvalue weighted by atomic mass is 16.2. The van der Waals surface area contributed by atoms with E-state index in [1.54, 1.807) is 11.0 Å². The Balaban J connectivity index is 1.68. The van der Waals surface area contributed by atoms with E-state index in [2.05, 4.69) is 34.3 Å². The maximum absolute atomic E-state index is 12.4. The van der Waals surface area contributed by atoms with Crippen molar-refractivity contribution in [1.29, 1.82) is 0 Å². The van der Waals surface area contributed by atoms with Crippen LogP contribution in [0.5, 0.6) is 0 Å². The summed E-state index contributed by atoms with van der Waals surface area (Å²) < 4.78 is 1.59. The van der Waals surface area contributed by atoms with Gasteiger partial charge in [-0.2, -0.15) is 5.10 Å². The van der Waals surface area contributed by atoms with Crippen LogP contribution in [0.25, 0.3) is 0 Å². The Labute approximate surface area is 124 Å². The lowest BCUT2D eigenvalue weighted by Crippen LogP contribution is -2.36. The van der Waals surface area contributed by atoms with Crippen LogP contribution >= 0.6 is 0 Å². The van der Waals surface area contributed by atoms with Gasteiger partial charge in [0, 0.05) is 19.0 Å². The van der Waals surface area contributed by atoms with Gasteiger partial charge in [-0.3, -0.25) is 4.79 Å². The minimum absolute atomic E-state index is 0.128. The van der Waals surface area contributed by atoms with Crippen molar-refractivity contribution in [2.75, 3.05) is 13.1 Å². The Morgan fingerprint density at radius 1 is 1.24 bits per heavy atom. The van der Waals surface area contributed by atoms with Crippen molar-refractivity contribution in [3.05, 3.63) is 48.5 Å². The number of amides is 1. The molecular weight excluding hydrogens is 264 g/mol. The molecule has 110 valence electrons. The van der Waals surface area contributed by atoms with Gasteiger partial charge in [0.05, 0.1) is 0 Å². The van der Waals surface area contributed by atoms with Crippen LogP contribution in [0.15, 0.2) is 43.0 Å². The minimum atomic E-state index is 0.128. The van der Waals surface area contributed by atoms with E-state index in [4.69, 9.17) is 0 Å². The van der Waals surface area contributed by atoms with E-state index in [0.717, 1.165) is 25.9 Å². The van der Waals surface area contributed by atoms with Crippen molar-refractivity contribution in [2.45, 2.75) is 31.7 Å². The Bertz CT molecular complexity index is 567. The average molecular weight is 284 g/mol. The molecule has 21 heavy (non-hydrogen) atoms. The zero-order valence-electron chi connectivity index (χ0n) is 12.1. The molecule has 1 aliphatic rings. The van der Waals surface area contributed by atoms with E-state index in [0.29, 0.717) is 5.92 Å². The molecule has 0 bridgehead atoms. The molecule has 1 aromatic heterocycles. The number of rotatable bonds is 3. The summed E-state index contributed by atoms with van der Waals surface area (Å²) in [6, 6.07) is 10.5. The molecular formula is C16H20N4O. The summed E-state index contributed by atoms with van der Waals surface area (Å²) in [5.74, 6) is 0.566. The van der Waals surface area contributed by atoms with Crippen LogP contribution < -0.4 is 0 Å². The summed E-state index contributed by atoms with van der Waals surface area (Å²) in [5.41, 5.74) is 1.33. The topological polar surface area (TPSA) is 51.0 Å². The maximum Gasteiger partial charge on any atom is 0.244 e. The summed E-state index contributed by atoms with van der Waals surface area (Å²) in [5, 5.41) is 4.01. The summed E-state index contributed by atoms with van der Waals surface area (Å²) in [7, 11) is 0. The summed E-state index contributed by atoms with van der Waals surface area (Å²) in [6.45, 7) is 1.93. The Kier molecular flexibility index (Phi) is 4.28. The maximum atomic E-state index is 12.4. The number of hydrogen-bond acceptors (Lipinski definition) is 3. The molecule has 1 amide bonds. The van der Waals surface area contributed by atoms with E-state index >= 15 is 0 Å². The van der Waals surface area contributed by atoms with Crippen LogP contribution in [-0.2, 0) is 11.3 Å². The lowest BCUT2D eigenvalue weighted by Gasteiger charge is -2.24. The molecule has 1 aliphatic heterocycles. The van der Waals surface area contributed by atoms with Gasteiger partial charge in [-0.1, -0.05) is 36.8 Å². The molecule has 0 aliphatic carbocycles. The number of carbonyl (C=O) groups excluding carboxylic acids is 1. The smallest absolute Gasteiger partial charge is 0.244 e. The second-order valence-corrected chi connectivity index (χ2v) is 5.54. The number of carbonyl (C=O) groups is 1. The molecule has 1 atom stereocenters. The Hall–Kier alpha value is -2.17.